The summed E-state index contributed by atoms with van der Waals surface area (Å²) in [5, 5.41) is 0. The first-order valence-electron chi connectivity index (χ1n) is 5.65. The van der Waals surface area contributed by atoms with Crippen LogP contribution in [0.15, 0.2) is 10.7 Å². The molecule has 1 atom stereocenters. The Morgan fingerprint density at radius 1 is 1.59 bits per heavy atom. The second-order valence-electron chi connectivity index (χ2n) is 4.10. The largest absolute Gasteiger partial charge is 0.397 e. The van der Waals surface area contributed by atoms with Gasteiger partial charge in [0.15, 0.2) is 0 Å². The summed E-state index contributed by atoms with van der Waals surface area (Å²) in [6.07, 6.45) is 4.97. The van der Waals surface area contributed by atoms with Gasteiger partial charge in [-0.2, -0.15) is 11.8 Å². The Kier molecular flexibility index (Phi) is 5.59. The van der Waals surface area contributed by atoms with Crippen LogP contribution in [-0.4, -0.2) is 30.1 Å². The van der Waals surface area contributed by atoms with Gasteiger partial charge in [0.25, 0.3) is 0 Å². The van der Waals surface area contributed by atoms with Crippen LogP contribution in [0.5, 0.6) is 0 Å². The Bertz CT molecular complexity index is 384. The summed E-state index contributed by atoms with van der Waals surface area (Å²) in [7, 11) is 2.09. The number of thioether (sulfide) groups is 1. The first-order chi connectivity index (χ1) is 8.02. The molecule has 2 N–H and O–H groups in total. The molecule has 0 aliphatic carbocycles. The van der Waals surface area contributed by atoms with Crippen LogP contribution in [0.4, 0.5) is 11.5 Å². The van der Waals surface area contributed by atoms with E-state index in [-0.39, 0.29) is 0 Å². The fourth-order valence-corrected chi connectivity index (χ4v) is 3.15. The Morgan fingerprint density at radius 2 is 2.24 bits per heavy atom. The van der Waals surface area contributed by atoms with Crippen LogP contribution in [0, 0.1) is 6.92 Å². The van der Waals surface area contributed by atoms with Crippen LogP contribution < -0.4 is 10.6 Å². The number of nitrogens with zero attached hydrogens (tertiary/aromatic N) is 2. The molecule has 3 nitrogen and oxygen atoms in total. The van der Waals surface area contributed by atoms with Crippen LogP contribution >= 0.6 is 27.7 Å². The van der Waals surface area contributed by atoms with Gasteiger partial charge < -0.3 is 10.6 Å². The van der Waals surface area contributed by atoms with Crippen molar-refractivity contribution < 1.29 is 0 Å². The molecular weight excluding hydrogens is 298 g/mol. The molecule has 0 aromatic carbocycles. The van der Waals surface area contributed by atoms with E-state index in [9.17, 15) is 0 Å². The number of pyridine rings is 1. The Hall–Kier alpha value is -0.420. The fourth-order valence-electron chi connectivity index (χ4n) is 1.69. The minimum absolute atomic E-state index is 0.497. The highest BCUT2D eigenvalue weighted by molar-refractivity contribution is 9.10. The second kappa shape index (κ2) is 6.50. The maximum atomic E-state index is 5.84. The molecule has 1 aromatic heterocycles. The number of nitrogens with two attached hydrogens (primary N) is 1. The molecule has 1 aromatic rings. The fraction of sp³-hybridized carbons (Fsp3) is 0.583. The van der Waals surface area contributed by atoms with E-state index < -0.39 is 0 Å². The van der Waals surface area contributed by atoms with Crippen molar-refractivity contribution in [2.75, 3.05) is 29.7 Å². The second-order valence-corrected chi connectivity index (χ2v) is 5.81. The number of hydrogen-bond donors (Lipinski definition) is 1. The topological polar surface area (TPSA) is 42.2 Å². The third-order valence-electron chi connectivity index (χ3n) is 3.00. The summed E-state index contributed by atoms with van der Waals surface area (Å²) < 4.78 is 1.000. The quantitative estimate of drug-likeness (QED) is 0.904. The normalized spacial score (nSPS) is 12.5. The Balaban J connectivity index is 3.03. The number of aromatic nitrogens is 1. The zero-order chi connectivity index (χ0) is 13.0. The maximum Gasteiger partial charge on any atom is 0.143 e. The lowest BCUT2D eigenvalue weighted by atomic mass is 10.2. The minimum atomic E-state index is 0.497. The number of anilines is 2. The van der Waals surface area contributed by atoms with Crippen LogP contribution in [0.1, 0.15) is 18.9 Å². The van der Waals surface area contributed by atoms with E-state index in [1.165, 1.54) is 0 Å². The van der Waals surface area contributed by atoms with Crippen molar-refractivity contribution in [1.29, 1.82) is 0 Å². The van der Waals surface area contributed by atoms with Gasteiger partial charge in [-0.05, 0) is 41.1 Å². The highest BCUT2D eigenvalue weighted by Crippen LogP contribution is 2.31. The predicted octanol–water partition coefficient (Wildman–Crippen LogP) is 3.31. The van der Waals surface area contributed by atoms with Gasteiger partial charge in [0.1, 0.15) is 5.82 Å². The highest BCUT2D eigenvalue weighted by atomic mass is 79.9. The number of nitrogen functional groups attached to an aromatic ring is 1. The molecular formula is C12H20BrN3S. The van der Waals surface area contributed by atoms with Gasteiger partial charge >= 0.3 is 0 Å². The molecule has 0 fully saturated rings. The van der Waals surface area contributed by atoms with E-state index >= 15 is 0 Å². The number of rotatable bonds is 5. The van der Waals surface area contributed by atoms with Crippen LogP contribution in [0.3, 0.4) is 0 Å². The van der Waals surface area contributed by atoms with Crippen LogP contribution in [0.2, 0.25) is 0 Å². The van der Waals surface area contributed by atoms with Gasteiger partial charge in [-0.25, -0.2) is 4.98 Å². The average molecular weight is 318 g/mol. The zero-order valence-corrected chi connectivity index (χ0v) is 13.2. The van der Waals surface area contributed by atoms with E-state index in [1.807, 2.05) is 18.7 Å². The van der Waals surface area contributed by atoms with Gasteiger partial charge in [-0.3, -0.25) is 0 Å². The third kappa shape index (κ3) is 3.28. The molecule has 0 aliphatic rings. The molecule has 0 bridgehead atoms. The van der Waals surface area contributed by atoms with Crippen molar-refractivity contribution in [2.45, 2.75) is 26.3 Å². The molecule has 0 aliphatic heterocycles. The molecule has 1 rings (SSSR count). The van der Waals surface area contributed by atoms with Gasteiger partial charge in [-0.1, -0.05) is 6.92 Å². The summed E-state index contributed by atoms with van der Waals surface area (Å²) in [4.78, 5) is 6.66. The number of hydrogen-bond acceptors (Lipinski definition) is 4. The molecule has 0 saturated carbocycles. The molecule has 0 spiro atoms. The van der Waals surface area contributed by atoms with Crippen molar-refractivity contribution in [2.24, 2.45) is 0 Å². The van der Waals surface area contributed by atoms with Crippen molar-refractivity contribution >= 4 is 39.2 Å². The van der Waals surface area contributed by atoms with Gasteiger partial charge in [0, 0.05) is 18.8 Å². The lowest BCUT2D eigenvalue weighted by molar-refractivity contribution is 0.664. The van der Waals surface area contributed by atoms with Crippen molar-refractivity contribution in [3.63, 3.8) is 0 Å². The van der Waals surface area contributed by atoms with Crippen molar-refractivity contribution in [1.82, 2.24) is 4.98 Å². The van der Waals surface area contributed by atoms with Gasteiger partial charge in [0.2, 0.25) is 0 Å². The highest BCUT2D eigenvalue weighted by Gasteiger charge is 2.18. The van der Waals surface area contributed by atoms with Gasteiger partial charge in [0.05, 0.1) is 16.4 Å². The van der Waals surface area contributed by atoms with E-state index in [2.05, 4.69) is 46.0 Å². The summed E-state index contributed by atoms with van der Waals surface area (Å²) in [5.41, 5.74) is 7.63. The van der Waals surface area contributed by atoms with E-state index in [0.29, 0.717) is 6.04 Å². The third-order valence-corrected chi connectivity index (χ3v) is 4.66. The number of halogens is 1. The van der Waals surface area contributed by atoms with Crippen LogP contribution in [0.25, 0.3) is 0 Å². The van der Waals surface area contributed by atoms with E-state index in [1.54, 1.807) is 6.20 Å². The van der Waals surface area contributed by atoms with Crippen LogP contribution in [-0.2, 0) is 0 Å². The lowest BCUT2D eigenvalue weighted by Crippen LogP contribution is -2.34. The maximum absolute atomic E-state index is 5.84. The van der Waals surface area contributed by atoms with E-state index in [4.69, 9.17) is 5.73 Å². The monoisotopic (exact) mass is 317 g/mol. The first kappa shape index (κ1) is 14.6. The zero-order valence-electron chi connectivity index (χ0n) is 10.8. The molecule has 0 saturated heterocycles. The molecule has 5 heteroatoms. The summed E-state index contributed by atoms with van der Waals surface area (Å²) in [5.74, 6) is 2.07. The van der Waals surface area contributed by atoms with Gasteiger partial charge in [-0.15, -0.1) is 0 Å². The standard InChI is InChI=1S/C12H20BrN3S/c1-5-9(7-17-4)16(3)12-11(13)8(2)10(14)6-15-12/h6,9H,5,7,14H2,1-4H3. The Morgan fingerprint density at radius 3 is 2.76 bits per heavy atom. The smallest absolute Gasteiger partial charge is 0.143 e. The molecule has 1 heterocycles. The molecule has 96 valence electrons. The van der Waals surface area contributed by atoms with Crippen molar-refractivity contribution in [3.8, 4) is 0 Å². The summed E-state index contributed by atoms with van der Waals surface area (Å²) >= 11 is 5.45. The molecule has 1 unspecified atom stereocenters. The molecule has 0 amide bonds. The predicted molar refractivity (Wildman–Crippen MR) is 82.0 cm³/mol. The molecule has 0 radical (unpaired) electrons. The summed E-state index contributed by atoms with van der Waals surface area (Å²) in [6.45, 7) is 4.21. The lowest BCUT2D eigenvalue weighted by Gasteiger charge is -2.29. The first-order valence-corrected chi connectivity index (χ1v) is 7.83. The minimum Gasteiger partial charge on any atom is -0.397 e. The summed E-state index contributed by atoms with van der Waals surface area (Å²) in [6, 6.07) is 0.497. The Labute approximate surface area is 116 Å². The SMILES string of the molecule is CCC(CSC)N(C)c1ncc(N)c(C)c1Br. The van der Waals surface area contributed by atoms with E-state index in [0.717, 1.165) is 33.7 Å². The average Bonchev–Trinajstić information content (AvgIpc) is 2.32. The van der Waals surface area contributed by atoms with Crippen molar-refractivity contribution in [3.05, 3.63) is 16.2 Å². The molecule has 17 heavy (non-hydrogen) atoms.